The minimum Gasteiger partial charge on any atom is -0.382 e. The molecule has 1 aromatic carbocycles. The number of nitrogens with zero attached hydrogens (tertiary/aromatic N) is 2. The van der Waals surface area contributed by atoms with Gasteiger partial charge in [0.15, 0.2) is 0 Å². The molecule has 18 heavy (non-hydrogen) atoms. The lowest BCUT2D eigenvalue weighted by molar-refractivity contribution is 1.03. The summed E-state index contributed by atoms with van der Waals surface area (Å²) in [5.41, 5.74) is 13.9. The van der Waals surface area contributed by atoms with Gasteiger partial charge < -0.3 is 5.73 Å². The quantitative estimate of drug-likeness (QED) is 0.833. The highest BCUT2D eigenvalue weighted by Gasteiger charge is 2.12. The van der Waals surface area contributed by atoms with Crippen LogP contribution in [0.25, 0.3) is 11.3 Å². The molecule has 0 fully saturated rings. The van der Waals surface area contributed by atoms with Crippen LogP contribution in [0, 0.1) is 34.6 Å². The molecular formula is C15H19N3. The van der Waals surface area contributed by atoms with E-state index in [0.717, 1.165) is 11.3 Å². The Labute approximate surface area is 108 Å². The van der Waals surface area contributed by atoms with Gasteiger partial charge in [0, 0.05) is 5.56 Å². The lowest BCUT2D eigenvalue weighted by Crippen LogP contribution is -2.01. The predicted molar refractivity (Wildman–Crippen MR) is 75.6 cm³/mol. The molecule has 2 aromatic rings. The standard InChI is InChI=1S/C15H19N3/c1-8-6-9(2)12(5)14(11(8)4)13-7-10(3)15(16)18-17-13/h6-7H,1-5H3,(H2,16,18). The maximum atomic E-state index is 5.73. The number of hydrogen-bond donors (Lipinski definition) is 1. The molecule has 2 N–H and O–H groups in total. The average molecular weight is 241 g/mol. The molecule has 0 radical (unpaired) electrons. The van der Waals surface area contributed by atoms with E-state index < -0.39 is 0 Å². The highest BCUT2D eigenvalue weighted by Crippen LogP contribution is 2.30. The summed E-state index contributed by atoms with van der Waals surface area (Å²) in [6.45, 7) is 10.5. The van der Waals surface area contributed by atoms with E-state index in [2.05, 4.69) is 44.0 Å². The number of hydrogen-bond acceptors (Lipinski definition) is 3. The van der Waals surface area contributed by atoms with Crippen LogP contribution in [0.15, 0.2) is 12.1 Å². The lowest BCUT2D eigenvalue weighted by atomic mass is 9.92. The second kappa shape index (κ2) is 4.41. The summed E-state index contributed by atoms with van der Waals surface area (Å²) >= 11 is 0. The van der Waals surface area contributed by atoms with Gasteiger partial charge >= 0.3 is 0 Å². The number of anilines is 1. The second-order valence-electron chi connectivity index (χ2n) is 4.93. The molecule has 1 heterocycles. The summed E-state index contributed by atoms with van der Waals surface area (Å²) in [7, 11) is 0. The van der Waals surface area contributed by atoms with Crippen LogP contribution in [0.3, 0.4) is 0 Å². The van der Waals surface area contributed by atoms with Gasteiger partial charge in [0.1, 0.15) is 5.82 Å². The Kier molecular flexibility index (Phi) is 3.07. The molecule has 0 spiro atoms. The van der Waals surface area contributed by atoms with Crippen molar-refractivity contribution in [3.63, 3.8) is 0 Å². The van der Waals surface area contributed by atoms with Gasteiger partial charge in [-0.1, -0.05) is 6.07 Å². The highest BCUT2D eigenvalue weighted by atomic mass is 15.1. The van der Waals surface area contributed by atoms with Crippen LogP contribution < -0.4 is 5.73 Å². The smallest absolute Gasteiger partial charge is 0.149 e. The predicted octanol–water partition coefficient (Wildman–Crippen LogP) is 3.27. The van der Waals surface area contributed by atoms with Crippen molar-refractivity contribution in [2.24, 2.45) is 0 Å². The molecule has 0 saturated carbocycles. The van der Waals surface area contributed by atoms with Gasteiger partial charge in [-0.15, -0.1) is 10.2 Å². The van der Waals surface area contributed by atoms with Crippen LogP contribution >= 0.6 is 0 Å². The van der Waals surface area contributed by atoms with Gasteiger partial charge in [-0.05, 0) is 68.5 Å². The van der Waals surface area contributed by atoms with Crippen molar-refractivity contribution in [3.8, 4) is 11.3 Å². The number of benzene rings is 1. The maximum Gasteiger partial charge on any atom is 0.149 e. The third-order valence-corrected chi connectivity index (χ3v) is 3.64. The summed E-state index contributed by atoms with van der Waals surface area (Å²) in [4.78, 5) is 0. The first-order chi connectivity index (χ1) is 8.41. The normalized spacial score (nSPS) is 10.7. The molecular weight excluding hydrogens is 222 g/mol. The Morgan fingerprint density at radius 2 is 1.33 bits per heavy atom. The molecule has 0 aliphatic rings. The molecule has 0 aliphatic heterocycles. The zero-order valence-electron chi connectivity index (χ0n) is 11.6. The molecule has 3 nitrogen and oxygen atoms in total. The van der Waals surface area contributed by atoms with Crippen molar-refractivity contribution >= 4 is 5.82 Å². The third kappa shape index (κ3) is 1.96. The zero-order chi connectivity index (χ0) is 13.4. The fourth-order valence-corrected chi connectivity index (χ4v) is 2.22. The van der Waals surface area contributed by atoms with Crippen LogP contribution in [-0.4, -0.2) is 10.2 Å². The van der Waals surface area contributed by atoms with Gasteiger partial charge in [0.2, 0.25) is 0 Å². The van der Waals surface area contributed by atoms with Crippen LogP contribution in [0.4, 0.5) is 5.82 Å². The fourth-order valence-electron chi connectivity index (χ4n) is 2.22. The van der Waals surface area contributed by atoms with Crippen molar-refractivity contribution in [2.45, 2.75) is 34.6 Å². The van der Waals surface area contributed by atoms with E-state index in [-0.39, 0.29) is 0 Å². The molecule has 0 unspecified atom stereocenters. The Balaban J connectivity index is 2.74. The summed E-state index contributed by atoms with van der Waals surface area (Å²) in [6, 6.07) is 4.22. The van der Waals surface area contributed by atoms with E-state index in [9.17, 15) is 0 Å². The van der Waals surface area contributed by atoms with Crippen LogP contribution in [0.5, 0.6) is 0 Å². The Bertz CT molecular complexity index is 589. The van der Waals surface area contributed by atoms with Crippen molar-refractivity contribution < 1.29 is 0 Å². The fraction of sp³-hybridized carbons (Fsp3) is 0.333. The van der Waals surface area contributed by atoms with Gasteiger partial charge in [0.25, 0.3) is 0 Å². The van der Waals surface area contributed by atoms with Gasteiger partial charge in [-0.2, -0.15) is 0 Å². The number of aromatic nitrogens is 2. The van der Waals surface area contributed by atoms with E-state index in [1.807, 2.05) is 13.0 Å². The van der Waals surface area contributed by atoms with Crippen molar-refractivity contribution in [2.75, 3.05) is 5.73 Å². The number of rotatable bonds is 1. The Morgan fingerprint density at radius 1 is 0.778 bits per heavy atom. The molecule has 3 heteroatoms. The summed E-state index contributed by atoms with van der Waals surface area (Å²) in [5.74, 6) is 0.499. The Hall–Kier alpha value is -1.90. The second-order valence-corrected chi connectivity index (χ2v) is 4.93. The molecule has 0 atom stereocenters. The van der Waals surface area contributed by atoms with E-state index in [4.69, 9.17) is 5.73 Å². The minimum atomic E-state index is 0.499. The average Bonchev–Trinajstić information content (AvgIpc) is 2.31. The molecule has 2 rings (SSSR count). The molecule has 0 bridgehead atoms. The van der Waals surface area contributed by atoms with E-state index in [1.165, 1.54) is 27.8 Å². The first-order valence-electron chi connectivity index (χ1n) is 6.09. The minimum absolute atomic E-state index is 0.499. The first kappa shape index (κ1) is 12.6. The maximum absolute atomic E-state index is 5.73. The molecule has 1 aromatic heterocycles. The third-order valence-electron chi connectivity index (χ3n) is 3.64. The summed E-state index contributed by atoms with van der Waals surface area (Å²) in [5, 5.41) is 8.26. The van der Waals surface area contributed by atoms with Crippen molar-refractivity contribution in [3.05, 3.63) is 39.9 Å². The molecule has 0 amide bonds. The first-order valence-corrected chi connectivity index (χ1v) is 6.09. The van der Waals surface area contributed by atoms with E-state index >= 15 is 0 Å². The number of aryl methyl sites for hydroxylation is 3. The van der Waals surface area contributed by atoms with E-state index in [1.54, 1.807) is 0 Å². The number of nitrogen functional groups attached to an aromatic ring is 1. The lowest BCUT2D eigenvalue weighted by Gasteiger charge is -2.15. The Morgan fingerprint density at radius 3 is 1.83 bits per heavy atom. The van der Waals surface area contributed by atoms with Crippen LogP contribution in [-0.2, 0) is 0 Å². The van der Waals surface area contributed by atoms with Crippen LogP contribution in [0.1, 0.15) is 27.8 Å². The van der Waals surface area contributed by atoms with Crippen molar-refractivity contribution in [1.82, 2.24) is 10.2 Å². The van der Waals surface area contributed by atoms with Crippen molar-refractivity contribution in [1.29, 1.82) is 0 Å². The highest BCUT2D eigenvalue weighted by molar-refractivity contribution is 5.71. The molecule has 0 aliphatic carbocycles. The largest absolute Gasteiger partial charge is 0.382 e. The molecule has 0 saturated heterocycles. The summed E-state index contributed by atoms with van der Waals surface area (Å²) < 4.78 is 0. The van der Waals surface area contributed by atoms with E-state index in [0.29, 0.717) is 5.82 Å². The van der Waals surface area contributed by atoms with Gasteiger partial charge in [-0.3, -0.25) is 0 Å². The van der Waals surface area contributed by atoms with Crippen LogP contribution in [0.2, 0.25) is 0 Å². The van der Waals surface area contributed by atoms with Gasteiger partial charge in [-0.25, -0.2) is 0 Å². The zero-order valence-corrected chi connectivity index (χ0v) is 11.6. The van der Waals surface area contributed by atoms with Gasteiger partial charge in [0.05, 0.1) is 5.69 Å². The number of nitrogens with two attached hydrogens (primary N) is 1. The summed E-state index contributed by atoms with van der Waals surface area (Å²) in [6.07, 6.45) is 0. The monoisotopic (exact) mass is 241 g/mol. The SMILES string of the molecule is Cc1cc(-c2c(C)c(C)cc(C)c2C)nnc1N. The topological polar surface area (TPSA) is 51.8 Å². The molecule has 94 valence electrons.